The SMILES string of the molecule is CCNCC(=O)NCCc1ccccn1. The predicted molar refractivity (Wildman–Crippen MR) is 59.5 cm³/mol. The maximum atomic E-state index is 11.2. The summed E-state index contributed by atoms with van der Waals surface area (Å²) >= 11 is 0. The van der Waals surface area contributed by atoms with Gasteiger partial charge >= 0.3 is 0 Å². The van der Waals surface area contributed by atoms with Gasteiger partial charge in [-0.15, -0.1) is 0 Å². The summed E-state index contributed by atoms with van der Waals surface area (Å²) in [7, 11) is 0. The fourth-order valence-electron chi connectivity index (χ4n) is 1.18. The number of nitrogens with one attached hydrogen (secondary N) is 2. The highest BCUT2D eigenvalue weighted by molar-refractivity contribution is 5.77. The molecule has 2 N–H and O–H groups in total. The molecule has 4 heteroatoms. The Hall–Kier alpha value is -1.42. The molecule has 0 unspecified atom stereocenters. The molecule has 1 amide bonds. The maximum Gasteiger partial charge on any atom is 0.233 e. The van der Waals surface area contributed by atoms with Crippen LogP contribution in [0.3, 0.4) is 0 Å². The lowest BCUT2D eigenvalue weighted by Crippen LogP contribution is -2.34. The van der Waals surface area contributed by atoms with E-state index in [0.29, 0.717) is 13.1 Å². The zero-order valence-corrected chi connectivity index (χ0v) is 8.99. The van der Waals surface area contributed by atoms with Crippen molar-refractivity contribution in [2.45, 2.75) is 13.3 Å². The molecule has 4 nitrogen and oxygen atoms in total. The number of carbonyl (C=O) groups excluding carboxylic acids is 1. The third-order valence-corrected chi connectivity index (χ3v) is 1.97. The van der Waals surface area contributed by atoms with E-state index in [1.807, 2.05) is 25.1 Å². The molecule has 0 atom stereocenters. The summed E-state index contributed by atoms with van der Waals surface area (Å²) in [5.74, 6) is 0.0350. The Morgan fingerprint density at radius 1 is 1.47 bits per heavy atom. The van der Waals surface area contributed by atoms with Crippen LogP contribution in [-0.2, 0) is 11.2 Å². The highest BCUT2D eigenvalue weighted by Crippen LogP contribution is 1.92. The zero-order valence-electron chi connectivity index (χ0n) is 8.99. The fraction of sp³-hybridized carbons (Fsp3) is 0.455. The molecule has 1 heterocycles. The summed E-state index contributed by atoms with van der Waals surface area (Å²) in [4.78, 5) is 15.4. The number of aromatic nitrogens is 1. The van der Waals surface area contributed by atoms with E-state index in [-0.39, 0.29) is 5.91 Å². The second-order valence-electron chi connectivity index (χ2n) is 3.20. The minimum atomic E-state index is 0.0350. The first-order valence-electron chi connectivity index (χ1n) is 5.20. The summed E-state index contributed by atoms with van der Waals surface area (Å²) in [6.07, 6.45) is 2.54. The molecule has 0 spiro atoms. The van der Waals surface area contributed by atoms with Crippen molar-refractivity contribution in [3.63, 3.8) is 0 Å². The summed E-state index contributed by atoms with van der Waals surface area (Å²) in [5.41, 5.74) is 1.00. The number of nitrogens with zero attached hydrogens (tertiary/aromatic N) is 1. The van der Waals surface area contributed by atoms with Crippen molar-refractivity contribution in [1.82, 2.24) is 15.6 Å². The lowest BCUT2D eigenvalue weighted by molar-refractivity contribution is -0.120. The van der Waals surface area contributed by atoms with Crippen LogP contribution < -0.4 is 10.6 Å². The molecule has 0 aliphatic heterocycles. The highest BCUT2D eigenvalue weighted by atomic mass is 16.1. The molecule has 1 rings (SSSR count). The summed E-state index contributed by atoms with van der Waals surface area (Å²) in [6, 6.07) is 5.78. The van der Waals surface area contributed by atoms with E-state index >= 15 is 0 Å². The van der Waals surface area contributed by atoms with Crippen LogP contribution in [0.5, 0.6) is 0 Å². The summed E-state index contributed by atoms with van der Waals surface area (Å²) in [6.45, 7) is 3.81. The average molecular weight is 207 g/mol. The Labute approximate surface area is 90.1 Å². The van der Waals surface area contributed by atoms with Crippen molar-refractivity contribution in [1.29, 1.82) is 0 Å². The van der Waals surface area contributed by atoms with Crippen LogP contribution in [0.2, 0.25) is 0 Å². The van der Waals surface area contributed by atoms with Gasteiger partial charge in [0.05, 0.1) is 6.54 Å². The number of hydrogen-bond donors (Lipinski definition) is 2. The largest absolute Gasteiger partial charge is 0.355 e. The monoisotopic (exact) mass is 207 g/mol. The number of amides is 1. The molecular formula is C11H17N3O. The van der Waals surface area contributed by atoms with E-state index in [4.69, 9.17) is 0 Å². The van der Waals surface area contributed by atoms with Crippen molar-refractivity contribution in [2.24, 2.45) is 0 Å². The second-order valence-corrected chi connectivity index (χ2v) is 3.20. The van der Waals surface area contributed by atoms with E-state index in [9.17, 15) is 4.79 Å². The smallest absolute Gasteiger partial charge is 0.233 e. The van der Waals surface area contributed by atoms with E-state index in [1.165, 1.54) is 0 Å². The normalized spacial score (nSPS) is 9.93. The summed E-state index contributed by atoms with van der Waals surface area (Å²) in [5, 5.41) is 5.79. The molecule has 0 bridgehead atoms. The molecule has 0 fully saturated rings. The third kappa shape index (κ3) is 5.12. The maximum absolute atomic E-state index is 11.2. The van der Waals surface area contributed by atoms with Crippen LogP contribution in [0.1, 0.15) is 12.6 Å². The van der Waals surface area contributed by atoms with E-state index in [2.05, 4.69) is 15.6 Å². The van der Waals surface area contributed by atoms with Crippen molar-refractivity contribution >= 4 is 5.91 Å². The van der Waals surface area contributed by atoms with Gasteiger partial charge in [-0.25, -0.2) is 0 Å². The number of likely N-dealkylation sites (N-methyl/N-ethyl adjacent to an activating group) is 1. The van der Waals surface area contributed by atoms with Gasteiger partial charge in [0, 0.05) is 24.9 Å². The Morgan fingerprint density at radius 3 is 3.00 bits per heavy atom. The van der Waals surface area contributed by atoms with E-state index < -0.39 is 0 Å². The van der Waals surface area contributed by atoms with E-state index in [1.54, 1.807) is 6.20 Å². The Bertz CT molecular complexity index is 287. The van der Waals surface area contributed by atoms with Crippen LogP contribution in [0.15, 0.2) is 24.4 Å². The molecule has 0 saturated heterocycles. The first-order valence-corrected chi connectivity index (χ1v) is 5.20. The quantitative estimate of drug-likeness (QED) is 0.707. The average Bonchev–Trinajstić information content (AvgIpc) is 2.28. The number of hydrogen-bond acceptors (Lipinski definition) is 3. The van der Waals surface area contributed by atoms with Gasteiger partial charge in [-0.1, -0.05) is 13.0 Å². The van der Waals surface area contributed by atoms with Gasteiger partial charge in [-0.05, 0) is 18.7 Å². The summed E-state index contributed by atoms with van der Waals surface area (Å²) < 4.78 is 0. The predicted octanol–water partition coefficient (Wildman–Crippen LogP) is 0.350. The topological polar surface area (TPSA) is 54.0 Å². The Morgan fingerprint density at radius 2 is 2.33 bits per heavy atom. The zero-order chi connectivity index (χ0) is 10.9. The molecule has 1 aromatic rings. The van der Waals surface area contributed by atoms with E-state index in [0.717, 1.165) is 18.7 Å². The number of rotatable bonds is 6. The van der Waals surface area contributed by atoms with Gasteiger partial charge in [0.1, 0.15) is 0 Å². The van der Waals surface area contributed by atoms with Crippen molar-refractivity contribution in [3.05, 3.63) is 30.1 Å². The molecular weight excluding hydrogens is 190 g/mol. The third-order valence-electron chi connectivity index (χ3n) is 1.97. The van der Waals surface area contributed by atoms with Crippen molar-refractivity contribution in [3.8, 4) is 0 Å². The molecule has 0 aromatic carbocycles. The lowest BCUT2D eigenvalue weighted by Gasteiger charge is -2.04. The van der Waals surface area contributed by atoms with Crippen molar-refractivity contribution in [2.75, 3.05) is 19.6 Å². The molecule has 0 aliphatic carbocycles. The van der Waals surface area contributed by atoms with Crippen molar-refractivity contribution < 1.29 is 4.79 Å². The molecule has 1 aromatic heterocycles. The number of pyridine rings is 1. The van der Waals surface area contributed by atoms with Gasteiger partial charge < -0.3 is 10.6 Å². The molecule has 0 aliphatic rings. The van der Waals surface area contributed by atoms with Gasteiger partial charge in [0.2, 0.25) is 5.91 Å². The second kappa shape index (κ2) is 6.95. The highest BCUT2D eigenvalue weighted by Gasteiger charge is 1.98. The molecule has 82 valence electrons. The van der Waals surface area contributed by atoms with Crippen LogP contribution >= 0.6 is 0 Å². The van der Waals surface area contributed by atoms with Crippen LogP contribution in [0, 0.1) is 0 Å². The minimum absolute atomic E-state index is 0.0350. The van der Waals surface area contributed by atoms with Crippen LogP contribution in [-0.4, -0.2) is 30.5 Å². The van der Waals surface area contributed by atoms with Gasteiger partial charge in [0.25, 0.3) is 0 Å². The Kier molecular flexibility index (Phi) is 5.40. The molecule has 0 radical (unpaired) electrons. The lowest BCUT2D eigenvalue weighted by atomic mass is 10.3. The van der Waals surface area contributed by atoms with Crippen LogP contribution in [0.25, 0.3) is 0 Å². The molecule has 0 saturated carbocycles. The molecule has 15 heavy (non-hydrogen) atoms. The Balaban J connectivity index is 2.14. The van der Waals surface area contributed by atoms with Gasteiger partial charge in [-0.3, -0.25) is 9.78 Å². The van der Waals surface area contributed by atoms with Crippen LogP contribution in [0.4, 0.5) is 0 Å². The fourth-order valence-corrected chi connectivity index (χ4v) is 1.18. The van der Waals surface area contributed by atoms with Gasteiger partial charge in [-0.2, -0.15) is 0 Å². The standard InChI is InChI=1S/C11H17N3O/c1-2-12-9-11(15)14-8-6-10-5-3-4-7-13-10/h3-5,7,12H,2,6,8-9H2,1H3,(H,14,15). The first kappa shape index (κ1) is 11.7. The number of carbonyl (C=O) groups is 1. The minimum Gasteiger partial charge on any atom is -0.355 e. The first-order chi connectivity index (χ1) is 7.33. The van der Waals surface area contributed by atoms with Gasteiger partial charge in [0.15, 0.2) is 0 Å².